The lowest BCUT2D eigenvalue weighted by molar-refractivity contribution is -0.123. The van der Waals surface area contributed by atoms with Gasteiger partial charge >= 0.3 is 0 Å². The van der Waals surface area contributed by atoms with Gasteiger partial charge in [0.2, 0.25) is 0 Å². The fourth-order valence-corrected chi connectivity index (χ4v) is 3.16. The number of rotatable bonds is 8. The van der Waals surface area contributed by atoms with Crippen molar-refractivity contribution in [3.05, 3.63) is 60.2 Å². The summed E-state index contributed by atoms with van der Waals surface area (Å²) >= 11 is 0. The number of nitrogens with one attached hydrogen (secondary N) is 1. The van der Waals surface area contributed by atoms with Crippen molar-refractivity contribution >= 4 is 5.91 Å². The molecule has 6 nitrogen and oxygen atoms in total. The molecule has 1 heterocycles. The highest BCUT2D eigenvalue weighted by Crippen LogP contribution is 2.25. The van der Waals surface area contributed by atoms with E-state index in [0.717, 1.165) is 13.1 Å². The smallest absolute Gasteiger partial charge is 0.258 e. The Morgan fingerprint density at radius 2 is 1.74 bits per heavy atom. The van der Waals surface area contributed by atoms with Gasteiger partial charge in [0.15, 0.2) is 18.1 Å². The topological polar surface area (TPSA) is 60.0 Å². The van der Waals surface area contributed by atoms with Gasteiger partial charge in [-0.15, -0.1) is 0 Å². The van der Waals surface area contributed by atoms with Crippen LogP contribution in [0.1, 0.15) is 11.6 Å². The van der Waals surface area contributed by atoms with Crippen molar-refractivity contribution in [2.75, 3.05) is 46.6 Å². The predicted octanol–water partition coefficient (Wildman–Crippen LogP) is 2.26. The van der Waals surface area contributed by atoms with Gasteiger partial charge in [-0.25, -0.2) is 0 Å². The number of para-hydroxylation sites is 2. The number of hydrogen-bond acceptors (Lipinski definition) is 5. The van der Waals surface area contributed by atoms with E-state index in [9.17, 15) is 4.79 Å². The molecule has 6 heteroatoms. The molecule has 2 aromatic rings. The molecule has 1 amide bonds. The second kappa shape index (κ2) is 9.94. The van der Waals surface area contributed by atoms with Crippen molar-refractivity contribution in [2.45, 2.75) is 6.04 Å². The minimum Gasteiger partial charge on any atom is -0.493 e. The summed E-state index contributed by atoms with van der Waals surface area (Å²) in [6.07, 6.45) is 0. The summed E-state index contributed by atoms with van der Waals surface area (Å²) in [5.74, 6) is 1.01. The van der Waals surface area contributed by atoms with Crippen LogP contribution < -0.4 is 14.8 Å². The van der Waals surface area contributed by atoms with Crippen LogP contribution >= 0.6 is 0 Å². The summed E-state index contributed by atoms with van der Waals surface area (Å²) in [6.45, 7) is 3.62. The van der Waals surface area contributed by atoms with Crippen LogP contribution in [0.5, 0.6) is 11.5 Å². The lowest BCUT2D eigenvalue weighted by atomic mass is 10.0. The minimum atomic E-state index is -0.157. The number of carbonyl (C=O) groups is 1. The number of methoxy groups -OCH3 is 1. The van der Waals surface area contributed by atoms with E-state index in [4.69, 9.17) is 14.2 Å². The molecule has 0 spiro atoms. The molecule has 1 fully saturated rings. The molecule has 1 N–H and O–H groups in total. The fraction of sp³-hybridized carbons (Fsp3) is 0.381. The minimum absolute atomic E-state index is 0.0506. The zero-order valence-corrected chi connectivity index (χ0v) is 15.6. The Balaban J connectivity index is 1.57. The van der Waals surface area contributed by atoms with E-state index >= 15 is 0 Å². The first kappa shape index (κ1) is 19.2. The second-order valence-corrected chi connectivity index (χ2v) is 6.32. The Morgan fingerprint density at radius 3 is 2.44 bits per heavy atom. The molecule has 27 heavy (non-hydrogen) atoms. The highest BCUT2D eigenvalue weighted by atomic mass is 16.5. The number of ether oxygens (including phenoxy) is 3. The SMILES string of the molecule is COc1ccccc1OCC(=O)NCC(c1ccccc1)N1CCOCC1. The largest absolute Gasteiger partial charge is 0.493 e. The van der Waals surface area contributed by atoms with Gasteiger partial charge in [-0.3, -0.25) is 9.69 Å². The van der Waals surface area contributed by atoms with Gasteiger partial charge in [0, 0.05) is 19.6 Å². The van der Waals surface area contributed by atoms with E-state index < -0.39 is 0 Å². The molecule has 1 aliphatic heterocycles. The second-order valence-electron chi connectivity index (χ2n) is 6.32. The number of carbonyl (C=O) groups excluding carboxylic acids is 1. The summed E-state index contributed by atoms with van der Waals surface area (Å²) in [5, 5.41) is 3.00. The third-order valence-corrected chi connectivity index (χ3v) is 4.59. The molecule has 0 bridgehead atoms. The number of nitrogens with zero attached hydrogens (tertiary/aromatic N) is 1. The number of benzene rings is 2. The maximum absolute atomic E-state index is 12.3. The van der Waals surface area contributed by atoms with Gasteiger partial charge in [0.25, 0.3) is 5.91 Å². The van der Waals surface area contributed by atoms with Crippen molar-refractivity contribution < 1.29 is 19.0 Å². The van der Waals surface area contributed by atoms with Gasteiger partial charge < -0.3 is 19.5 Å². The van der Waals surface area contributed by atoms with Gasteiger partial charge in [-0.05, 0) is 17.7 Å². The Labute approximate surface area is 160 Å². The number of amides is 1. The first-order valence-electron chi connectivity index (χ1n) is 9.17. The molecular formula is C21H26N2O4. The van der Waals surface area contributed by atoms with Gasteiger partial charge in [0.1, 0.15) is 0 Å². The lowest BCUT2D eigenvalue weighted by Crippen LogP contribution is -2.44. The number of morpholine rings is 1. The third kappa shape index (κ3) is 5.45. The van der Waals surface area contributed by atoms with Crippen LogP contribution in [0.15, 0.2) is 54.6 Å². The molecule has 1 unspecified atom stereocenters. The third-order valence-electron chi connectivity index (χ3n) is 4.59. The van der Waals surface area contributed by atoms with Gasteiger partial charge in [-0.2, -0.15) is 0 Å². The maximum Gasteiger partial charge on any atom is 0.258 e. The number of hydrogen-bond donors (Lipinski definition) is 1. The maximum atomic E-state index is 12.3. The van der Waals surface area contributed by atoms with Gasteiger partial charge in [0.05, 0.1) is 26.4 Å². The highest BCUT2D eigenvalue weighted by Gasteiger charge is 2.23. The molecule has 2 aromatic carbocycles. The molecule has 1 saturated heterocycles. The van der Waals surface area contributed by atoms with E-state index in [1.54, 1.807) is 19.2 Å². The zero-order valence-electron chi connectivity index (χ0n) is 15.6. The summed E-state index contributed by atoms with van der Waals surface area (Å²) in [7, 11) is 1.58. The summed E-state index contributed by atoms with van der Waals surface area (Å²) < 4.78 is 16.3. The summed E-state index contributed by atoms with van der Waals surface area (Å²) in [6, 6.07) is 17.6. The van der Waals surface area contributed by atoms with E-state index in [1.165, 1.54) is 5.56 Å². The quantitative estimate of drug-likeness (QED) is 0.772. The monoisotopic (exact) mass is 370 g/mol. The van der Waals surface area contributed by atoms with Crippen molar-refractivity contribution in [3.8, 4) is 11.5 Å². The van der Waals surface area contributed by atoms with Crippen LogP contribution in [0.4, 0.5) is 0 Å². The fourth-order valence-electron chi connectivity index (χ4n) is 3.16. The molecular weight excluding hydrogens is 344 g/mol. The Morgan fingerprint density at radius 1 is 1.07 bits per heavy atom. The van der Waals surface area contributed by atoms with Crippen LogP contribution in [-0.2, 0) is 9.53 Å². The van der Waals surface area contributed by atoms with Crippen LogP contribution in [0.25, 0.3) is 0 Å². The van der Waals surface area contributed by atoms with Crippen LogP contribution in [0.3, 0.4) is 0 Å². The Hall–Kier alpha value is -2.57. The Bertz CT molecular complexity index is 717. The standard InChI is InChI=1S/C21H26N2O4/c1-25-19-9-5-6-10-20(19)27-16-21(24)22-15-18(17-7-3-2-4-8-17)23-11-13-26-14-12-23/h2-10,18H,11-16H2,1H3,(H,22,24). The van der Waals surface area contributed by atoms with Crippen molar-refractivity contribution in [2.24, 2.45) is 0 Å². The normalized spacial score (nSPS) is 15.7. The average Bonchev–Trinajstić information content (AvgIpc) is 2.74. The van der Waals surface area contributed by atoms with E-state index in [0.29, 0.717) is 31.3 Å². The molecule has 144 valence electrons. The van der Waals surface area contributed by atoms with E-state index in [2.05, 4.69) is 22.3 Å². The first-order valence-corrected chi connectivity index (χ1v) is 9.17. The molecule has 1 aliphatic rings. The average molecular weight is 370 g/mol. The van der Waals surface area contributed by atoms with Gasteiger partial charge in [-0.1, -0.05) is 42.5 Å². The van der Waals surface area contributed by atoms with Crippen LogP contribution in [-0.4, -0.2) is 57.4 Å². The molecule has 1 atom stereocenters. The van der Waals surface area contributed by atoms with Crippen LogP contribution in [0.2, 0.25) is 0 Å². The Kier molecular flexibility index (Phi) is 7.07. The molecule has 0 aromatic heterocycles. The summed E-state index contributed by atoms with van der Waals surface area (Å²) in [4.78, 5) is 14.7. The first-order chi connectivity index (χ1) is 13.3. The summed E-state index contributed by atoms with van der Waals surface area (Å²) in [5.41, 5.74) is 1.19. The van der Waals surface area contributed by atoms with E-state index in [1.807, 2.05) is 30.3 Å². The highest BCUT2D eigenvalue weighted by molar-refractivity contribution is 5.77. The lowest BCUT2D eigenvalue weighted by Gasteiger charge is -2.34. The van der Waals surface area contributed by atoms with Crippen molar-refractivity contribution in [1.82, 2.24) is 10.2 Å². The molecule has 0 saturated carbocycles. The van der Waals surface area contributed by atoms with Crippen molar-refractivity contribution in [3.63, 3.8) is 0 Å². The molecule has 0 radical (unpaired) electrons. The molecule has 0 aliphatic carbocycles. The van der Waals surface area contributed by atoms with Crippen LogP contribution in [0, 0.1) is 0 Å². The zero-order chi connectivity index (χ0) is 18.9. The van der Waals surface area contributed by atoms with E-state index in [-0.39, 0.29) is 18.6 Å². The molecule has 3 rings (SSSR count). The predicted molar refractivity (Wildman–Crippen MR) is 103 cm³/mol. The van der Waals surface area contributed by atoms with Crippen molar-refractivity contribution in [1.29, 1.82) is 0 Å².